The third-order valence-electron chi connectivity index (χ3n) is 4.48. The van der Waals surface area contributed by atoms with E-state index in [0.29, 0.717) is 49.6 Å². The van der Waals surface area contributed by atoms with Crippen molar-refractivity contribution in [2.45, 2.75) is 25.7 Å². The Morgan fingerprint density at radius 2 is 1.80 bits per heavy atom. The Labute approximate surface area is 147 Å². The van der Waals surface area contributed by atoms with Crippen LogP contribution in [-0.2, 0) is 16.0 Å². The summed E-state index contributed by atoms with van der Waals surface area (Å²) in [6, 6.07) is 3.65. The number of carbonyl (C=O) groups is 2. The summed E-state index contributed by atoms with van der Waals surface area (Å²) in [4.78, 5) is 25.2. The first-order chi connectivity index (χ1) is 12.0. The average Bonchev–Trinajstić information content (AvgIpc) is 2.64. The second-order valence-corrected chi connectivity index (χ2v) is 6.05. The Balaban J connectivity index is 2.03. The topological polar surface area (TPSA) is 85.3 Å². The second-order valence-electron chi connectivity index (χ2n) is 6.05. The Morgan fingerprint density at radius 3 is 2.32 bits per heavy atom. The number of carboxylic acid groups (broad SMARTS) is 1. The van der Waals surface area contributed by atoms with E-state index in [2.05, 4.69) is 0 Å². The molecule has 1 aromatic rings. The molecular weight excluding hydrogens is 326 g/mol. The maximum atomic E-state index is 12.4. The van der Waals surface area contributed by atoms with Crippen molar-refractivity contribution in [2.24, 2.45) is 5.92 Å². The number of nitrogens with zero attached hydrogens (tertiary/aromatic N) is 1. The summed E-state index contributed by atoms with van der Waals surface area (Å²) in [5.74, 6) is 0.294. The minimum atomic E-state index is -0.831. The molecule has 1 atom stereocenters. The van der Waals surface area contributed by atoms with Crippen molar-refractivity contribution in [3.8, 4) is 17.2 Å². The number of carbonyl (C=O) groups excluding carboxylic acids is 1. The van der Waals surface area contributed by atoms with Crippen molar-refractivity contribution in [1.82, 2.24) is 4.90 Å². The number of hydrogen-bond acceptors (Lipinski definition) is 5. The van der Waals surface area contributed by atoms with Gasteiger partial charge in [-0.05, 0) is 37.0 Å². The number of carboxylic acids is 1. The van der Waals surface area contributed by atoms with Crippen LogP contribution in [-0.4, -0.2) is 56.3 Å². The number of hydrogen-bond donors (Lipinski definition) is 1. The number of amides is 1. The Bertz CT molecular complexity index is 605. The molecule has 1 saturated heterocycles. The van der Waals surface area contributed by atoms with Crippen molar-refractivity contribution in [3.63, 3.8) is 0 Å². The molecule has 0 aromatic heterocycles. The number of likely N-dealkylation sites (tertiary alicyclic amines) is 1. The van der Waals surface area contributed by atoms with Crippen LogP contribution < -0.4 is 14.2 Å². The van der Waals surface area contributed by atoms with Gasteiger partial charge in [-0.25, -0.2) is 0 Å². The van der Waals surface area contributed by atoms with E-state index in [-0.39, 0.29) is 5.91 Å². The smallest absolute Gasteiger partial charge is 0.308 e. The van der Waals surface area contributed by atoms with Crippen LogP contribution in [0.25, 0.3) is 0 Å². The highest BCUT2D eigenvalue weighted by Gasteiger charge is 2.27. The standard InChI is InChI=1S/C18H25NO6/c1-23-14-9-12(10-15(24-2)17(14)25-3)6-7-16(20)19-8-4-5-13(11-19)18(21)22/h9-10,13H,4-8,11H2,1-3H3,(H,21,22)/t13-/m0/s1. The van der Waals surface area contributed by atoms with Crippen molar-refractivity contribution < 1.29 is 28.9 Å². The number of ether oxygens (including phenoxy) is 3. The number of aryl methyl sites for hydroxylation is 1. The Morgan fingerprint density at radius 1 is 1.16 bits per heavy atom. The zero-order chi connectivity index (χ0) is 18.4. The Kier molecular flexibility index (Phi) is 6.50. The van der Waals surface area contributed by atoms with Crippen molar-refractivity contribution in [1.29, 1.82) is 0 Å². The van der Waals surface area contributed by atoms with Gasteiger partial charge in [0, 0.05) is 19.5 Å². The molecule has 1 aliphatic rings. The molecule has 1 N–H and O–H groups in total. The lowest BCUT2D eigenvalue weighted by atomic mass is 9.97. The lowest BCUT2D eigenvalue weighted by molar-refractivity contribution is -0.145. The number of methoxy groups -OCH3 is 3. The largest absolute Gasteiger partial charge is 0.493 e. The van der Waals surface area contributed by atoms with E-state index in [0.717, 1.165) is 12.0 Å². The van der Waals surface area contributed by atoms with Gasteiger partial charge in [0.15, 0.2) is 11.5 Å². The van der Waals surface area contributed by atoms with Crippen molar-refractivity contribution in [2.75, 3.05) is 34.4 Å². The number of aliphatic carboxylic acids is 1. The number of benzene rings is 1. The first-order valence-corrected chi connectivity index (χ1v) is 8.29. The molecule has 7 heteroatoms. The lowest BCUT2D eigenvalue weighted by Crippen LogP contribution is -2.42. The van der Waals surface area contributed by atoms with Crippen LogP contribution in [0.3, 0.4) is 0 Å². The summed E-state index contributed by atoms with van der Waals surface area (Å²) in [5.41, 5.74) is 0.898. The molecule has 0 bridgehead atoms. The van der Waals surface area contributed by atoms with Gasteiger partial charge in [0.25, 0.3) is 0 Å². The van der Waals surface area contributed by atoms with Crippen LogP contribution in [0.1, 0.15) is 24.8 Å². The SMILES string of the molecule is COc1cc(CCC(=O)N2CCC[C@H](C(=O)O)C2)cc(OC)c1OC. The molecule has 1 heterocycles. The Hall–Kier alpha value is -2.44. The van der Waals surface area contributed by atoms with Gasteiger partial charge in [-0.2, -0.15) is 0 Å². The quantitative estimate of drug-likeness (QED) is 0.808. The van der Waals surface area contributed by atoms with Crippen LogP contribution in [0.2, 0.25) is 0 Å². The molecular formula is C18H25NO6. The van der Waals surface area contributed by atoms with Crippen molar-refractivity contribution >= 4 is 11.9 Å². The fraction of sp³-hybridized carbons (Fsp3) is 0.556. The molecule has 1 aromatic carbocycles. The van der Waals surface area contributed by atoms with Gasteiger partial charge < -0.3 is 24.2 Å². The van der Waals surface area contributed by atoms with Gasteiger partial charge in [-0.3, -0.25) is 9.59 Å². The van der Waals surface area contributed by atoms with Crippen molar-refractivity contribution in [3.05, 3.63) is 17.7 Å². The van der Waals surface area contributed by atoms with Gasteiger partial charge in [0.05, 0.1) is 27.2 Å². The fourth-order valence-corrected chi connectivity index (χ4v) is 3.09. The maximum Gasteiger partial charge on any atom is 0.308 e. The minimum absolute atomic E-state index is 0.0281. The van der Waals surface area contributed by atoms with E-state index in [1.807, 2.05) is 12.1 Å². The second kappa shape index (κ2) is 8.60. The van der Waals surface area contributed by atoms with E-state index in [9.17, 15) is 9.59 Å². The highest BCUT2D eigenvalue weighted by molar-refractivity contribution is 5.78. The number of piperidine rings is 1. The lowest BCUT2D eigenvalue weighted by Gasteiger charge is -2.30. The van der Waals surface area contributed by atoms with Crippen LogP contribution in [0.5, 0.6) is 17.2 Å². The summed E-state index contributed by atoms with van der Waals surface area (Å²) in [6.07, 6.45) is 2.19. The molecule has 0 saturated carbocycles. The molecule has 0 aliphatic carbocycles. The zero-order valence-electron chi connectivity index (χ0n) is 14.9. The van der Waals surface area contributed by atoms with E-state index in [4.69, 9.17) is 19.3 Å². The van der Waals surface area contributed by atoms with Crippen LogP contribution in [0, 0.1) is 5.92 Å². The minimum Gasteiger partial charge on any atom is -0.493 e. The normalized spacial score (nSPS) is 17.1. The average molecular weight is 351 g/mol. The van der Waals surface area contributed by atoms with E-state index in [1.165, 1.54) is 0 Å². The number of rotatable bonds is 7. The predicted octanol–water partition coefficient (Wildman–Crippen LogP) is 1.97. The van der Waals surface area contributed by atoms with Gasteiger partial charge in [-0.15, -0.1) is 0 Å². The van der Waals surface area contributed by atoms with Crippen LogP contribution in [0.15, 0.2) is 12.1 Å². The molecule has 25 heavy (non-hydrogen) atoms. The summed E-state index contributed by atoms with van der Waals surface area (Å²) >= 11 is 0. The molecule has 138 valence electrons. The van der Waals surface area contributed by atoms with E-state index < -0.39 is 11.9 Å². The molecule has 2 rings (SSSR count). The third kappa shape index (κ3) is 4.55. The molecule has 1 fully saturated rings. The highest BCUT2D eigenvalue weighted by Crippen LogP contribution is 2.38. The fourth-order valence-electron chi connectivity index (χ4n) is 3.09. The van der Waals surface area contributed by atoms with Gasteiger partial charge in [0.2, 0.25) is 11.7 Å². The van der Waals surface area contributed by atoms with Crippen LogP contribution >= 0.6 is 0 Å². The third-order valence-corrected chi connectivity index (χ3v) is 4.48. The first kappa shape index (κ1) is 18.9. The summed E-state index contributed by atoms with van der Waals surface area (Å²) in [7, 11) is 4.64. The van der Waals surface area contributed by atoms with E-state index in [1.54, 1.807) is 26.2 Å². The first-order valence-electron chi connectivity index (χ1n) is 8.29. The maximum absolute atomic E-state index is 12.4. The van der Waals surface area contributed by atoms with Gasteiger partial charge in [0.1, 0.15) is 0 Å². The summed E-state index contributed by atoms with van der Waals surface area (Å²) < 4.78 is 15.9. The molecule has 1 aliphatic heterocycles. The molecule has 0 spiro atoms. The summed E-state index contributed by atoms with van der Waals surface area (Å²) in [6.45, 7) is 0.918. The zero-order valence-corrected chi connectivity index (χ0v) is 14.9. The molecule has 1 amide bonds. The van der Waals surface area contributed by atoms with Gasteiger partial charge >= 0.3 is 5.97 Å². The molecule has 7 nitrogen and oxygen atoms in total. The predicted molar refractivity (Wildman–Crippen MR) is 91.4 cm³/mol. The monoisotopic (exact) mass is 351 g/mol. The highest BCUT2D eigenvalue weighted by atomic mass is 16.5. The molecule has 0 radical (unpaired) electrons. The van der Waals surface area contributed by atoms with Gasteiger partial charge in [-0.1, -0.05) is 0 Å². The van der Waals surface area contributed by atoms with E-state index >= 15 is 0 Å². The van der Waals surface area contributed by atoms with Crippen LogP contribution in [0.4, 0.5) is 0 Å². The summed E-state index contributed by atoms with van der Waals surface area (Å²) in [5, 5.41) is 9.13. The molecule has 0 unspecified atom stereocenters.